The van der Waals surface area contributed by atoms with Crippen LogP contribution in [0.5, 0.6) is 0 Å². The molecule has 0 aromatic carbocycles. The molecular weight excluding hydrogens is 184 g/mol. The third-order valence-electron chi connectivity index (χ3n) is 2.93. The quantitative estimate of drug-likeness (QED) is 0.807. The molecule has 0 bridgehead atoms. The van der Waals surface area contributed by atoms with Crippen LogP contribution in [-0.4, -0.2) is 11.1 Å². The molecule has 0 saturated heterocycles. The van der Waals surface area contributed by atoms with Gasteiger partial charge in [0.05, 0.1) is 6.42 Å². The van der Waals surface area contributed by atoms with Gasteiger partial charge in [0, 0.05) is 5.41 Å². The van der Waals surface area contributed by atoms with Gasteiger partial charge in [-0.15, -0.1) is 0 Å². The summed E-state index contributed by atoms with van der Waals surface area (Å²) in [5, 5.41) is 12.9. The van der Waals surface area contributed by atoms with Gasteiger partial charge in [0.25, 0.3) is 0 Å². The molecule has 0 atom stereocenters. The Bertz CT molecular complexity index is 299. The number of aliphatic carboxylic acids is 1. The van der Waals surface area contributed by atoms with Crippen LogP contribution in [0.4, 0.5) is 0 Å². The summed E-state index contributed by atoms with van der Waals surface area (Å²) < 4.78 is 0. The summed E-state index contributed by atoms with van der Waals surface area (Å²) in [5.74, 6) is -0.675. The van der Waals surface area contributed by atoms with Crippen molar-refractivity contribution in [1.82, 2.24) is 0 Å². The SMILES string of the molecule is O=C(O)CC1(c2ccsc2)CCC1. The molecule has 1 fully saturated rings. The van der Waals surface area contributed by atoms with Crippen molar-refractivity contribution in [2.75, 3.05) is 0 Å². The molecule has 3 heteroatoms. The van der Waals surface area contributed by atoms with Crippen LogP contribution in [0.2, 0.25) is 0 Å². The first-order valence-corrected chi connectivity index (χ1v) is 5.42. The average molecular weight is 196 g/mol. The number of carboxylic acids is 1. The summed E-state index contributed by atoms with van der Waals surface area (Å²) >= 11 is 1.65. The van der Waals surface area contributed by atoms with E-state index < -0.39 is 5.97 Å². The maximum absolute atomic E-state index is 10.7. The van der Waals surface area contributed by atoms with E-state index >= 15 is 0 Å². The van der Waals surface area contributed by atoms with Crippen LogP contribution in [0.1, 0.15) is 31.2 Å². The van der Waals surface area contributed by atoms with E-state index in [9.17, 15) is 4.79 Å². The zero-order valence-electron chi connectivity index (χ0n) is 7.32. The highest BCUT2D eigenvalue weighted by Gasteiger charge is 2.40. The van der Waals surface area contributed by atoms with Gasteiger partial charge in [-0.25, -0.2) is 0 Å². The van der Waals surface area contributed by atoms with Gasteiger partial charge in [-0.1, -0.05) is 6.42 Å². The molecule has 0 amide bonds. The topological polar surface area (TPSA) is 37.3 Å². The van der Waals surface area contributed by atoms with Crippen molar-refractivity contribution in [2.45, 2.75) is 31.1 Å². The summed E-state index contributed by atoms with van der Waals surface area (Å²) in [6.45, 7) is 0. The standard InChI is InChI=1S/C10H12O2S/c11-9(12)6-10(3-1-4-10)8-2-5-13-7-8/h2,5,7H,1,3-4,6H2,(H,11,12). The van der Waals surface area contributed by atoms with Crippen molar-refractivity contribution in [1.29, 1.82) is 0 Å². The summed E-state index contributed by atoms with van der Waals surface area (Å²) in [7, 11) is 0. The predicted molar refractivity (Wildman–Crippen MR) is 52.1 cm³/mol. The molecule has 0 radical (unpaired) electrons. The second kappa shape index (κ2) is 3.14. The first kappa shape index (κ1) is 8.75. The number of carbonyl (C=O) groups is 1. The maximum atomic E-state index is 10.7. The molecule has 1 N–H and O–H groups in total. The first-order chi connectivity index (χ1) is 6.23. The monoisotopic (exact) mass is 196 g/mol. The lowest BCUT2D eigenvalue weighted by atomic mass is 9.63. The van der Waals surface area contributed by atoms with Gasteiger partial charge in [-0.3, -0.25) is 4.79 Å². The van der Waals surface area contributed by atoms with E-state index in [4.69, 9.17) is 5.11 Å². The molecule has 2 nitrogen and oxygen atoms in total. The van der Waals surface area contributed by atoms with Crippen LogP contribution in [0, 0.1) is 0 Å². The Kier molecular flexibility index (Phi) is 2.12. The normalized spacial score (nSPS) is 19.4. The van der Waals surface area contributed by atoms with Gasteiger partial charge in [-0.2, -0.15) is 11.3 Å². The van der Waals surface area contributed by atoms with Crippen LogP contribution >= 0.6 is 11.3 Å². The van der Waals surface area contributed by atoms with E-state index in [0.717, 1.165) is 12.8 Å². The summed E-state index contributed by atoms with van der Waals surface area (Å²) in [6.07, 6.45) is 3.54. The fraction of sp³-hybridized carbons (Fsp3) is 0.500. The molecule has 1 heterocycles. The van der Waals surface area contributed by atoms with Crippen molar-refractivity contribution in [3.8, 4) is 0 Å². The smallest absolute Gasteiger partial charge is 0.304 e. The van der Waals surface area contributed by atoms with E-state index in [2.05, 4.69) is 11.4 Å². The number of hydrogen-bond donors (Lipinski definition) is 1. The Hall–Kier alpha value is -0.830. The Balaban J connectivity index is 2.20. The molecule has 0 aliphatic heterocycles. The lowest BCUT2D eigenvalue weighted by Gasteiger charge is -2.40. The van der Waals surface area contributed by atoms with Crippen LogP contribution in [0.15, 0.2) is 16.8 Å². The molecule has 0 spiro atoms. The molecule has 2 rings (SSSR count). The Morgan fingerprint density at radius 3 is 2.77 bits per heavy atom. The summed E-state index contributed by atoms with van der Waals surface area (Å²) in [6, 6.07) is 2.06. The Morgan fingerprint density at radius 1 is 1.62 bits per heavy atom. The van der Waals surface area contributed by atoms with Gasteiger partial charge in [0.2, 0.25) is 0 Å². The van der Waals surface area contributed by atoms with E-state index in [-0.39, 0.29) is 5.41 Å². The summed E-state index contributed by atoms with van der Waals surface area (Å²) in [4.78, 5) is 10.7. The highest BCUT2D eigenvalue weighted by atomic mass is 32.1. The Morgan fingerprint density at radius 2 is 2.38 bits per heavy atom. The molecule has 13 heavy (non-hydrogen) atoms. The molecule has 1 aliphatic carbocycles. The van der Waals surface area contributed by atoms with E-state index in [1.54, 1.807) is 11.3 Å². The highest BCUT2D eigenvalue weighted by molar-refractivity contribution is 7.08. The number of hydrogen-bond acceptors (Lipinski definition) is 2. The van der Waals surface area contributed by atoms with Crippen LogP contribution in [0.25, 0.3) is 0 Å². The third kappa shape index (κ3) is 1.48. The molecular formula is C10H12O2S. The minimum atomic E-state index is -0.675. The van der Waals surface area contributed by atoms with Gasteiger partial charge in [0.15, 0.2) is 0 Å². The third-order valence-corrected chi connectivity index (χ3v) is 3.62. The van der Waals surface area contributed by atoms with Crippen molar-refractivity contribution in [3.63, 3.8) is 0 Å². The lowest BCUT2D eigenvalue weighted by molar-refractivity contribution is -0.139. The average Bonchev–Trinajstić information content (AvgIpc) is 2.48. The van der Waals surface area contributed by atoms with Crippen molar-refractivity contribution >= 4 is 17.3 Å². The second-order valence-corrected chi connectivity index (χ2v) is 4.50. The molecule has 70 valence electrons. The lowest BCUT2D eigenvalue weighted by Crippen LogP contribution is -2.36. The first-order valence-electron chi connectivity index (χ1n) is 4.47. The van der Waals surface area contributed by atoms with E-state index in [1.165, 1.54) is 12.0 Å². The van der Waals surface area contributed by atoms with E-state index in [1.807, 2.05) is 5.38 Å². The molecule has 1 aromatic heterocycles. The fourth-order valence-electron chi connectivity index (χ4n) is 2.03. The zero-order valence-corrected chi connectivity index (χ0v) is 8.14. The molecule has 1 aliphatic rings. The number of rotatable bonds is 3. The van der Waals surface area contributed by atoms with Crippen LogP contribution < -0.4 is 0 Å². The number of carboxylic acid groups (broad SMARTS) is 1. The Labute approximate surface area is 81.2 Å². The maximum Gasteiger partial charge on any atom is 0.304 e. The van der Waals surface area contributed by atoms with Crippen LogP contribution in [-0.2, 0) is 10.2 Å². The van der Waals surface area contributed by atoms with E-state index in [0.29, 0.717) is 6.42 Å². The number of thiophene rings is 1. The second-order valence-electron chi connectivity index (χ2n) is 3.72. The van der Waals surface area contributed by atoms with Crippen molar-refractivity contribution in [2.24, 2.45) is 0 Å². The van der Waals surface area contributed by atoms with Gasteiger partial charge >= 0.3 is 5.97 Å². The van der Waals surface area contributed by atoms with Gasteiger partial charge < -0.3 is 5.11 Å². The predicted octanol–water partition coefficient (Wildman–Crippen LogP) is 2.64. The molecule has 0 unspecified atom stereocenters. The summed E-state index contributed by atoms with van der Waals surface area (Å²) in [5.41, 5.74) is 1.21. The van der Waals surface area contributed by atoms with Crippen molar-refractivity contribution < 1.29 is 9.90 Å². The zero-order chi connectivity index (χ0) is 9.31. The minimum Gasteiger partial charge on any atom is -0.481 e. The molecule has 1 aromatic rings. The van der Waals surface area contributed by atoms with Crippen LogP contribution in [0.3, 0.4) is 0 Å². The highest BCUT2D eigenvalue weighted by Crippen LogP contribution is 2.46. The van der Waals surface area contributed by atoms with Gasteiger partial charge in [-0.05, 0) is 35.2 Å². The minimum absolute atomic E-state index is 0.0220. The largest absolute Gasteiger partial charge is 0.481 e. The molecule has 1 saturated carbocycles. The fourth-order valence-corrected chi connectivity index (χ4v) is 2.81. The van der Waals surface area contributed by atoms with Gasteiger partial charge in [0.1, 0.15) is 0 Å². The van der Waals surface area contributed by atoms with Crippen molar-refractivity contribution in [3.05, 3.63) is 22.4 Å².